The Morgan fingerprint density at radius 2 is 1.85 bits per heavy atom. The number of benzene rings is 2. The van der Waals surface area contributed by atoms with Crippen LogP contribution in [0.25, 0.3) is 0 Å². The first-order valence-electron chi connectivity index (χ1n) is 10.5. The van der Waals surface area contributed by atoms with Crippen molar-refractivity contribution in [3.05, 3.63) is 69.9 Å². The summed E-state index contributed by atoms with van der Waals surface area (Å²) >= 11 is 6.20. The van der Waals surface area contributed by atoms with E-state index in [1.165, 1.54) is 7.11 Å². The van der Waals surface area contributed by atoms with E-state index in [4.69, 9.17) is 21.1 Å². The number of aryl methyl sites for hydroxylation is 2. The molecular weight excluding hydrogens is 444 g/mol. The van der Waals surface area contributed by atoms with Crippen molar-refractivity contribution in [3.63, 3.8) is 0 Å². The van der Waals surface area contributed by atoms with E-state index in [-0.39, 0.29) is 17.9 Å². The van der Waals surface area contributed by atoms with E-state index in [0.29, 0.717) is 46.4 Å². The molecule has 0 spiro atoms. The van der Waals surface area contributed by atoms with Crippen molar-refractivity contribution in [2.24, 2.45) is 7.05 Å². The molecular formula is C24H25ClN4O4. The van der Waals surface area contributed by atoms with Gasteiger partial charge in [-0.2, -0.15) is 5.10 Å². The summed E-state index contributed by atoms with van der Waals surface area (Å²) in [6.07, 6.45) is 0.536. The fourth-order valence-corrected chi connectivity index (χ4v) is 4.47. The first-order chi connectivity index (χ1) is 15.8. The number of carbonyl (C=O) groups excluding carboxylic acids is 2. The van der Waals surface area contributed by atoms with Gasteiger partial charge >= 0.3 is 0 Å². The van der Waals surface area contributed by atoms with Crippen LogP contribution in [0.5, 0.6) is 11.5 Å². The van der Waals surface area contributed by atoms with Gasteiger partial charge in [0.2, 0.25) is 0 Å². The number of fused-ring (bicyclic) bond motifs is 1. The van der Waals surface area contributed by atoms with Gasteiger partial charge in [-0.05, 0) is 43.7 Å². The third-order valence-corrected chi connectivity index (χ3v) is 6.11. The zero-order valence-corrected chi connectivity index (χ0v) is 19.6. The first kappa shape index (κ1) is 22.7. The van der Waals surface area contributed by atoms with Gasteiger partial charge in [0, 0.05) is 24.7 Å². The summed E-state index contributed by atoms with van der Waals surface area (Å²) in [4.78, 5) is 28.1. The van der Waals surface area contributed by atoms with E-state index in [1.807, 2.05) is 6.92 Å². The Hall–Kier alpha value is -3.52. The second-order valence-corrected chi connectivity index (χ2v) is 8.17. The van der Waals surface area contributed by atoms with Crippen molar-refractivity contribution in [1.82, 2.24) is 15.1 Å². The molecule has 0 bridgehead atoms. The minimum atomic E-state index is -0.299. The normalized spacial score (nSPS) is 15.1. The Balaban J connectivity index is 1.66. The zero-order chi connectivity index (χ0) is 23.7. The topological polar surface area (TPSA) is 85.7 Å². The predicted molar refractivity (Wildman–Crippen MR) is 125 cm³/mol. The molecule has 0 radical (unpaired) electrons. The Morgan fingerprint density at radius 1 is 1.12 bits per heavy atom. The molecule has 8 nitrogen and oxygen atoms in total. The maximum Gasteiger partial charge on any atom is 0.259 e. The molecule has 3 aromatic rings. The van der Waals surface area contributed by atoms with Crippen LogP contribution < -0.4 is 19.7 Å². The molecule has 1 atom stereocenters. The molecule has 1 aliphatic heterocycles. The van der Waals surface area contributed by atoms with Crippen molar-refractivity contribution >= 4 is 29.2 Å². The molecule has 1 N–H and O–H groups in total. The maximum atomic E-state index is 13.5. The van der Waals surface area contributed by atoms with Gasteiger partial charge in [-0.15, -0.1) is 0 Å². The summed E-state index contributed by atoms with van der Waals surface area (Å²) < 4.78 is 12.3. The maximum absolute atomic E-state index is 13.5. The highest BCUT2D eigenvalue weighted by molar-refractivity contribution is 6.33. The summed E-state index contributed by atoms with van der Waals surface area (Å²) in [5, 5.41) is 7.98. The number of hydrogen-bond donors (Lipinski definition) is 1. The standard InChI is InChI=1S/C24H25ClN4O4/c1-14-21-18(26-22(30)16-7-5-6-8-17(16)25)11-12-29(23(21)28(2)27-14)24(31)15-9-10-19(32-3)20(13-15)33-4/h5-10,13,18H,11-12H2,1-4H3,(H,26,30). The molecule has 0 fully saturated rings. The van der Waals surface area contributed by atoms with Gasteiger partial charge in [-0.1, -0.05) is 23.7 Å². The van der Waals surface area contributed by atoms with Gasteiger partial charge in [-0.3, -0.25) is 19.2 Å². The lowest BCUT2D eigenvalue weighted by Crippen LogP contribution is -2.42. The highest BCUT2D eigenvalue weighted by Crippen LogP contribution is 2.38. The van der Waals surface area contributed by atoms with Gasteiger partial charge in [0.05, 0.1) is 36.5 Å². The highest BCUT2D eigenvalue weighted by Gasteiger charge is 2.35. The summed E-state index contributed by atoms with van der Waals surface area (Å²) in [6, 6.07) is 11.7. The van der Waals surface area contributed by atoms with Gasteiger partial charge in [0.15, 0.2) is 11.5 Å². The molecule has 2 aromatic carbocycles. The minimum absolute atomic E-state index is 0.184. The SMILES string of the molecule is COc1ccc(C(=O)N2CCC(NC(=O)c3ccccc3Cl)c3c(C)nn(C)c32)cc1OC. The Morgan fingerprint density at radius 3 is 2.55 bits per heavy atom. The number of halogens is 1. The van der Waals surface area contributed by atoms with Crippen LogP contribution in [0.4, 0.5) is 5.82 Å². The molecule has 2 heterocycles. The fourth-order valence-electron chi connectivity index (χ4n) is 4.25. The lowest BCUT2D eigenvalue weighted by molar-refractivity contribution is 0.0933. The third kappa shape index (κ3) is 4.14. The van der Waals surface area contributed by atoms with E-state index in [0.717, 1.165) is 11.3 Å². The Labute approximate surface area is 197 Å². The molecule has 2 amide bonds. The van der Waals surface area contributed by atoms with Crippen LogP contribution in [-0.2, 0) is 7.05 Å². The fraction of sp³-hybridized carbons (Fsp3) is 0.292. The number of methoxy groups -OCH3 is 2. The second-order valence-electron chi connectivity index (χ2n) is 7.77. The van der Waals surface area contributed by atoms with Crippen LogP contribution >= 0.6 is 11.6 Å². The Kier molecular flexibility index (Phi) is 6.29. The van der Waals surface area contributed by atoms with Gasteiger partial charge < -0.3 is 14.8 Å². The average Bonchev–Trinajstić information content (AvgIpc) is 3.13. The van der Waals surface area contributed by atoms with Gasteiger partial charge in [0.1, 0.15) is 5.82 Å². The summed E-state index contributed by atoms with van der Waals surface area (Å²) in [6.45, 7) is 2.28. The number of hydrogen-bond acceptors (Lipinski definition) is 5. The molecule has 0 aliphatic carbocycles. The molecule has 172 valence electrons. The number of nitrogens with zero attached hydrogens (tertiary/aromatic N) is 3. The second kappa shape index (κ2) is 9.15. The Bertz CT molecular complexity index is 1220. The quantitative estimate of drug-likeness (QED) is 0.613. The van der Waals surface area contributed by atoms with Crippen LogP contribution in [-0.4, -0.2) is 42.4 Å². The van der Waals surface area contributed by atoms with E-state index in [9.17, 15) is 9.59 Å². The molecule has 9 heteroatoms. The van der Waals surface area contributed by atoms with Crippen molar-refractivity contribution in [2.45, 2.75) is 19.4 Å². The molecule has 1 unspecified atom stereocenters. The number of rotatable bonds is 5. The van der Waals surface area contributed by atoms with Crippen molar-refractivity contribution in [1.29, 1.82) is 0 Å². The summed E-state index contributed by atoms with van der Waals surface area (Å²) in [5.74, 6) is 1.23. The molecule has 1 aromatic heterocycles. The monoisotopic (exact) mass is 468 g/mol. The van der Waals surface area contributed by atoms with E-state index >= 15 is 0 Å². The van der Waals surface area contributed by atoms with E-state index in [2.05, 4.69) is 10.4 Å². The first-order valence-corrected chi connectivity index (χ1v) is 10.9. The number of carbonyl (C=O) groups is 2. The van der Waals surface area contributed by atoms with Crippen LogP contribution in [0.1, 0.15) is 44.4 Å². The number of ether oxygens (including phenoxy) is 2. The highest BCUT2D eigenvalue weighted by atomic mass is 35.5. The van der Waals surface area contributed by atoms with E-state index in [1.54, 1.807) is 66.2 Å². The smallest absolute Gasteiger partial charge is 0.259 e. The van der Waals surface area contributed by atoms with Crippen molar-refractivity contribution < 1.29 is 19.1 Å². The van der Waals surface area contributed by atoms with Crippen molar-refractivity contribution in [3.8, 4) is 11.5 Å². The van der Waals surface area contributed by atoms with Crippen LogP contribution in [0.15, 0.2) is 42.5 Å². The number of anilines is 1. The van der Waals surface area contributed by atoms with Gasteiger partial charge in [0.25, 0.3) is 11.8 Å². The lowest BCUT2D eigenvalue weighted by Gasteiger charge is -2.33. The third-order valence-electron chi connectivity index (χ3n) is 5.78. The molecule has 0 saturated carbocycles. The van der Waals surface area contributed by atoms with Crippen LogP contribution in [0.2, 0.25) is 5.02 Å². The van der Waals surface area contributed by atoms with Crippen LogP contribution in [0, 0.1) is 6.92 Å². The summed E-state index contributed by atoms with van der Waals surface area (Å²) in [7, 11) is 4.87. The number of nitrogens with one attached hydrogen (secondary N) is 1. The molecule has 1 aliphatic rings. The summed E-state index contributed by atoms with van der Waals surface area (Å²) in [5.41, 5.74) is 2.45. The molecule has 4 rings (SSSR count). The predicted octanol–water partition coefficient (Wildman–Crippen LogP) is 3.92. The van der Waals surface area contributed by atoms with Gasteiger partial charge in [-0.25, -0.2) is 0 Å². The molecule has 0 saturated heterocycles. The molecule has 33 heavy (non-hydrogen) atoms. The van der Waals surface area contributed by atoms with Crippen molar-refractivity contribution in [2.75, 3.05) is 25.7 Å². The van der Waals surface area contributed by atoms with E-state index < -0.39 is 0 Å². The van der Waals surface area contributed by atoms with Crippen LogP contribution in [0.3, 0.4) is 0 Å². The number of aromatic nitrogens is 2. The minimum Gasteiger partial charge on any atom is -0.493 e. The number of amides is 2. The lowest BCUT2D eigenvalue weighted by atomic mass is 9.97. The average molecular weight is 469 g/mol. The zero-order valence-electron chi connectivity index (χ0n) is 18.9. The largest absolute Gasteiger partial charge is 0.493 e.